The molecule has 2 saturated heterocycles. The van der Waals surface area contributed by atoms with Gasteiger partial charge >= 0.3 is 6.09 Å². The van der Waals surface area contributed by atoms with Crippen LogP contribution in [-0.2, 0) is 16.1 Å². The highest BCUT2D eigenvalue weighted by Gasteiger charge is 2.34. The van der Waals surface area contributed by atoms with Gasteiger partial charge in [0.1, 0.15) is 17.3 Å². The van der Waals surface area contributed by atoms with E-state index in [1.807, 2.05) is 57.7 Å². The van der Waals surface area contributed by atoms with E-state index >= 15 is 0 Å². The van der Waals surface area contributed by atoms with Crippen LogP contribution in [0.5, 0.6) is 0 Å². The molecule has 1 aromatic carbocycles. The monoisotopic (exact) mass is 790 g/mol. The van der Waals surface area contributed by atoms with Crippen LogP contribution in [0.25, 0.3) is 10.9 Å². The molecule has 284 valence electrons. The second-order valence-corrected chi connectivity index (χ2v) is 16.4. The van der Waals surface area contributed by atoms with Crippen molar-refractivity contribution in [2.45, 2.75) is 117 Å². The molecule has 3 heterocycles. The zero-order valence-corrected chi connectivity index (χ0v) is 33.6. The minimum atomic E-state index is -0.492. The van der Waals surface area contributed by atoms with Gasteiger partial charge in [-0.2, -0.15) is 5.26 Å². The van der Waals surface area contributed by atoms with Crippen molar-refractivity contribution in [1.29, 1.82) is 5.26 Å². The van der Waals surface area contributed by atoms with E-state index in [0.717, 1.165) is 100 Å². The fourth-order valence-electron chi connectivity index (χ4n) is 7.27. The van der Waals surface area contributed by atoms with Crippen LogP contribution in [0.1, 0.15) is 103 Å². The number of piperidine rings is 2. The third kappa shape index (κ3) is 13.0. The molecule has 3 N–H and O–H groups in total. The number of nitrogens with zero attached hydrogens (tertiary/aromatic N) is 3. The number of alkyl halides is 1. The highest BCUT2D eigenvalue weighted by molar-refractivity contribution is 9.09. The number of para-hydroxylation sites is 1. The average molecular weight is 792 g/mol. The number of ether oxygens (including phenoxy) is 1. The summed E-state index contributed by atoms with van der Waals surface area (Å²) >= 11 is 3.48. The number of rotatable bonds is 9. The Bertz CT molecular complexity index is 1460. The van der Waals surface area contributed by atoms with E-state index < -0.39 is 6.04 Å². The summed E-state index contributed by atoms with van der Waals surface area (Å²) in [5, 5.41) is 21.2. The Hall–Kier alpha value is -2.81. The number of benzene rings is 1. The summed E-state index contributed by atoms with van der Waals surface area (Å²) in [6.07, 6.45) is 8.27. The zero-order chi connectivity index (χ0) is 36.3. The van der Waals surface area contributed by atoms with Crippen LogP contribution in [-0.4, -0.2) is 76.6 Å². The average Bonchev–Trinajstić information content (AvgIpc) is 3.46. The molecular weight excluding hydrogens is 732 g/mol. The molecule has 3 fully saturated rings. The summed E-state index contributed by atoms with van der Waals surface area (Å²) in [7, 11) is 0. The number of halogens is 2. The maximum atomic E-state index is 13.6. The van der Waals surface area contributed by atoms with Crippen molar-refractivity contribution in [3.05, 3.63) is 36.0 Å². The Morgan fingerprint density at radius 1 is 1.02 bits per heavy atom. The van der Waals surface area contributed by atoms with Gasteiger partial charge in [0, 0.05) is 41.9 Å². The normalized spacial score (nSPS) is 20.7. The number of carbonyl (C=O) groups is 3. The van der Waals surface area contributed by atoms with Crippen LogP contribution in [0, 0.1) is 35.0 Å². The van der Waals surface area contributed by atoms with Gasteiger partial charge in [-0.05, 0) is 109 Å². The van der Waals surface area contributed by atoms with E-state index in [1.165, 1.54) is 0 Å². The topological polar surface area (TPSA) is 128 Å². The molecule has 3 atom stereocenters. The first-order valence-corrected chi connectivity index (χ1v) is 19.8. The quantitative estimate of drug-likeness (QED) is 0.227. The summed E-state index contributed by atoms with van der Waals surface area (Å²) in [5.41, 5.74) is 1.37. The predicted molar refractivity (Wildman–Crippen MR) is 209 cm³/mol. The lowest BCUT2D eigenvalue weighted by atomic mass is 9.83. The number of fused-ring (bicyclic) bond motifs is 1. The first kappa shape index (κ1) is 42.6. The molecule has 3 amide bonds. The van der Waals surface area contributed by atoms with E-state index in [0.29, 0.717) is 29.9 Å². The lowest BCUT2D eigenvalue weighted by Gasteiger charge is -2.32. The van der Waals surface area contributed by atoms with Crippen LogP contribution in [0.4, 0.5) is 4.79 Å². The molecule has 0 radical (unpaired) electrons. The van der Waals surface area contributed by atoms with Crippen LogP contribution in [0.2, 0.25) is 0 Å². The number of aromatic nitrogens is 1. The summed E-state index contributed by atoms with van der Waals surface area (Å²) in [4.78, 5) is 40.2. The minimum absolute atomic E-state index is 0. The van der Waals surface area contributed by atoms with Crippen LogP contribution in [0.15, 0.2) is 30.3 Å². The van der Waals surface area contributed by atoms with Crippen molar-refractivity contribution < 1.29 is 19.1 Å². The number of hydrogen-bond acceptors (Lipinski definition) is 6. The second kappa shape index (κ2) is 20.4. The van der Waals surface area contributed by atoms with E-state index in [9.17, 15) is 19.6 Å². The van der Waals surface area contributed by atoms with Crippen molar-refractivity contribution in [1.82, 2.24) is 25.4 Å². The Morgan fingerprint density at radius 3 is 2.31 bits per heavy atom. The molecule has 2 aliphatic heterocycles. The third-order valence-corrected chi connectivity index (χ3v) is 10.9. The molecule has 1 aromatic heterocycles. The molecule has 1 saturated carbocycles. The number of carbonyl (C=O) groups excluding carboxylic acids is 3. The van der Waals surface area contributed by atoms with Crippen molar-refractivity contribution in [2.24, 2.45) is 23.7 Å². The van der Waals surface area contributed by atoms with Gasteiger partial charge in [0.15, 0.2) is 0 Å². The summed E-state index contributed by atoms with van der Waals surface area (Å²) in [6.45, 7) is 14.3. The van der Waals surface area contributed by atoms with Crippen molar-refractivity contribution in [3.8, 4) is 6.07 Å². The minimum Gasteiger partial charge on any atom is -0.444 e. The molecule has 3 aliphatic rings. The molecule has 1 aliphatic carbocycles. The maximum Gasteiger partial charge on any atom is 0.410 e. The zero-order valence-electron chi connectivity index (χ0n) is 31.2. The molecule has 51 heavy (non-hydrogen) atoms. The Kier molecular flexibility index (Phi) is 17.1. The van der Waals surface area contributed by atoms with Crippen molar-refractivity contribution >= 4 is 57.1 Å². The number of nitrogens with one attached hydrogen (secondary N) is 3. The van der Waals surface area contributed by atoms with Gasteiger partial charge in [0.25, 0.3) is 5.91 Å². The second-order valence-electron chi connectivity index (χ2n) is 15.7. The van der Waals surface area contributed by atoms with E-state index in [-0.39, 0.29) is 47.9 Å². The predicted octanol–water partition coefficient (Wildman–Crippen LogP) is 7.43. The van der Waals surface area contributed by atoms with E-state index in [1.54, 1.807) is 0 Å². The molecule has 10 nitrogen and oxygen atoms in total. The molecule has 2 aromatic rings. The summed E-state index contributed by atoms with van der Waals surface area (Å²) in [5.74, 6) is 1.04. The van der Waals surface area contributed by atoms with Gasteiger partial charge in [-0.1, -0.05) is 60.8 Å². The highest BCUT2D eigenvalue weighted by Crippen LogP contribution is 2.28. The SMILES string of the molecule is CC(C)(C)OC(=O)N1CCC(CBr)CC1.CC(C)C[C@@H](C#N)NC(=O)[C@@H]1CCCC[C@@H]1NC(=O)c1cc2ccccc2n1CC1CCNCC1.Cl. The standard InChI is InChI=1S/C28H39N5O2.C11H20BrNO2.ClH/c1-19(2)15-22(17-29)31-27(34)23-8-4-5-9-24(23)32-28(35)26-16-21-7-3-6-10-25(21)33(26)18-20-11-13-30-14-12-20;1-11(2,3)15-10(14)13-6-4-9(8-12)5-7-13;/h3,6-7,10,16,19-20,22-24,30H,4-5,8-9,11-15,18H2,1-2H3,(H,31,34)(H,32,35);9H,4-8H2,1-3H3;1H/t22-,23+,24-;;/m0../s1. The number of amides is 3. The van der Waals surface area contributed by atoms with Gasteiger partial charge in [-0.25, -0.2) is 4.79 Å². The number of likely N-dealkylation sites (tertiary alicyclic amines) is 1. The smallest absolute Gasteiger partial charge is 0.410 e. The fourth-order valence-corrected chi connectivity index (χ4v) is 7.92. The lowest BCUT2D eigenvalue weighted by Crippen LogP contribution is -2.50. The van der Waals surface area contributed by atoms with Crippen LogP contribution < -0.4 is 16.0 Å². The largest absolute Gasteiger partial charge is 0.444 e. The fraction of sp³-hybridized carbons (Fsp3) is 0.692. The molecule has 0 bridgehead atoms. The van der Waals surface area contributed by atoms with Gasteiger partial charge in [-0.3, -0.25) is 9.59 Å². The van der Waals surface area contributed by atoms with Gasteiger partial charge in [0.05, 0.1) is 12.0 Å². The van der Waals surface area contributed by atoms with Gasteiger partial charge in [-0.15, -0.1) is 12.4 Å². The van der Waals surface area contributed by atoms with E-state index in [2.05, 4.69) is 54.6 Å². The first-order chi connectivity index (χ1) is 23.9. The summed E-state index contributed by atoms with van der Waals surface area (Å²) < 4.78 is 7.49. The Balaban J connectivity index is 0.000000370. The maximum absolute atomic E-state index is 13.6. The molecule has 5 rings (SSSR count). The third-order valence-electron chi connectivity index (χ3n) is 10.0. The summed E-state index contributed by atoms with van der Waals surface area (Å²) in [6, 6.07) is 11.7. The van der Waals surface area contributed by atoms with Crippen molar-refractivity contribution in [3.63, 3.8) is 0 Å². The molecule has 12 heteroatoms. The molecule has 0 unspecified atom stereocenters. The molecule has 0 spiro atoms. The van der Waals surface area contributed by atoms with Gasteiger partial charge in [0.2, 0.25) is 5.91 Å². The van der Waals surface area contributed by atoms with Crippen molar-refractivity contribution in [2.75, 3.05) is 31.5 Å². The first-order valence-electron chi connectivity index (χ1n) is 18.7. The Labute approximate surface area is 319 Å². The lowest BCUT2D eigenvalue weighted by molar-refractivity contribution is -0.127. The van der Waals surface area contributed by atoms with Gasteiger partial charge < -0.3 is 30.2 Å². The van der Waals surface area contributed by atoms with Crippen LogP contribution >= 0.6 is 28.3 Å². The van der Waals surface area contributed by atoms with E-state index in [4.69, 9.17) is 4.74 Å². The number of nitriles is 1. The molecular formula is C39H60BrClN6O4. The Morgan fingerprint density at radius 2 is 1.69 bits per heavy atom. The number of hydrogen-bond donors (Lipinski definition) is 3. The van der Waals surface area contributed by atoms with Crippen LogP contribution in [0.3, 0.4) is 0 Å². The highest BCUT2D eigenvalue weighted by atomic mass is 79.9.